The molecule has 2 amide bonds. The molecule has 2 aliphatic rings. The summed E-state index contributed by atoms with van der Waals surface area (Å²) in [6.45, 7) is 1.87. The molecule has 30 heavy (non-hydrogen) atoms. The monoisotopic (exact) mass is 438 g/mol. The number of anilines is 2. The van der Waals surface area contributed by atoms with Gasteiger partial charge in [-0.2, -0.15) is 0 Å². The van der Waals surface area contributed by atoms with Crippen LogP contribution >= 0.6 is 23.1 Å². The fourth-order valence-electron chi connectivity index (χ4n) is 3.71. The fraction of sp³-hybridized carbons (Fsp3) is 0.200. The third kappa shape index (κ3) is 3.08. The number of nitrogens with zero attached hydrogens (tertiary/aromatic N) is 4. The lowest BCUT2D eigenvalue weighted by atomic mass is 9.98. The van der Waals surface area contributed by atoms with E-state index in [-0.39, 0.29) is 11.4 Å². The molecule has 152 valence electrons. The quantitative estimate of drug-likeness (QED) is 0.647. The maximum Gasteiger partial charge on any atom is 0.257 e. The van der Waals surface area contributed by atoms with Crippen molar-refractivity contribution < 1.29 is 9.59 Å². The van der Waals surface area contributed by atoms with E-state index in [2.05, 4.69) is 10.3 Å². The zero-order valence-corrected chi connectivity index (χ0v) is 17.7. The number of carbonyl (C=O) groups excluding carboxylic acids is 2. The van der Waals surface area contributed by atoms with Gasteiger partial charge in [0.05, 0.1) is 22.6 Å². The second-order valence-corrected chi connectivity index (χ2v) is 8.91. The van der Waals surface area contributed by atoms with Gasteiger partial charge in [-0.1, -0.05) is 30.0 Å². The van der Waals surface area contributed by atoms with Crippen LogP contribution in [0.15, 0.2) is 52.9 Å². The van der Waals surface area contributed by atoms with Gasteiger partial charge < -0.3 is 15.6 Å². The topological polar surface area (TPSA) is 106 Å². The highest BCUT2D eigenvalue weighted by molar-refractivity contribution is 8.04. The van der Waals surface area contributed by atoms with Crippen molar-refractivity contribution in [1.82, 2.24) is 14.5 Å². The first-order valence-corrected chi connectivity index (χ1v) is 11.1. The van der Waals surface area contributed by atoms with Crippen LogP contribution in [0.1, 0.15) is 24.4 Å². The van der Waals surface area contributed by atoms with E-state index in [1.165, 1.54) is 23.1 Å². The summed E-state index contributed by atoms with van der Waals surface area (Å²) in [4.78, 5) is 35.4. The zero-order valence-electron chi connectivity index (χ0n) is 16.0. The van der Waals surface area contributed by atoms with Crippen molar-refractivity contribution in [2.24, 2.45) is 5.73 Å². The Balaban J connectivity index is 1.56. The standard InChI is InChI=1S/C20H18N6O2S2/c1-11-17(18(21)28)30-20(25-8-7-22-10-25)26(11)19-23-14(9-29-19)13-4-2-3-12-5-6-15(27)24-16(12)13/h2-4,7-10,20H,5-6H2,1H3,(H2,21,28)(H,24,27). The van der Waals surface area contributed by atoms with Crippen molar-refractivity contribution in [3.63, 3.8) is 0 Å². The molecule has 0 saturated carbocycles. The molecule has 4 heterocycles. The number of primary amides is 1. The van der Waals surface area contributed by atoms with Gasteiger partial charge in [-0.25, -0.2) is 9.97 Å². The van der Waals surface area contributed by atoms with Crippen LogP contribution in [-0.4, -0.2) is 26.3 Å². The predicted molar refractivity (Wildman–Crippen MR) is 118 cm³/mol. The SMILES string of the molecule is CC1=C(C(N)=O)SC(n2ccnc2)N1c1nc(-c2cccc3c2NC(=O)CC3)cs1. The van der Waals surface area contributed by atoms with Gasteiger partial charge in [-0.3, -0.25) is 14.5 Å². The van der Waals surface area contributed by atoms with Gasteiger partial charge in [0.25, 0.3) is 5.91 Å². The summed E-state index contributed by atoms with van der Waals surface area (Å²) in [7, 11) is 0. The lowest BCUT2D eigenvalue weighted by molar-refractivity contribution is -0.116. The lowest BCUT2D eigenvalue weighted by Gasteiger charge is -2.25. The molecule has 0 saturated heterocycles. The maximum atomic E-state index is 12.0. The number of para-hydroxylation sites is 1. The molecular formula is C20H18N6O2S2. The van der Waals surface area contributed by atoms with Crippen molar-refractivity contribution in [1.29, 1.82) is 0 Å². The van der Waals surface area contributed by atoms with E-state index in [4.69, 9.17) is 10.7 Å². The number of fused-ring (bicyclic) bond motifs is 1. The number of carbonyl (C=O) groups is 2. The summed E-state index contributed by atoms with van der Waals surface area (Å²) >= 11 is 2.86. The van der Waals surface area contributed by atoms with E-state index in [0.29, 0.717) is 11.3 Å². The zero-order chi connectivity index (χ0) is 20.8. The van der Waals surface area contributed by atoms with Gasteiger partial charge in [-0.05, 0) is 18.9 Å². The Morgan fingerprint density at radius 2 is 2.20 bits per heavy atom. The number of benzene rings is 1. The minimum absolute atomic E-state index is 0.0198. The largest absolute Gasteiger partial charge is 0.365 e. The summed E-state index contributed by atoms with van der Waals surface area (Å²) in [6.07, 6.45) is 6.47. The molecule has 5 rings (SSSR count). The Bertz CT molecular complexity index is 1180. The van der Waals surface area contributed by atoms with Crippen molar-refractivity contribution in [2.45, 2.75) is 25.3 Å². The van der Waals surface area contributed by atoms with Crippen molar-refractivity contribution in [2.75, 3.05) is 10.2 Å². The second-order valence-electron chi connectivity index (χ2n) is 7.01. The molecular weight excluding hydrogens is 420 g/mol. The number of nitrogens with one attached hydrogen (secondary N) is 1. The number of allylic oxidation sites excluding steroid dienone is 1. The number of rotatable bonds is 4. The first kappa shape index (κ1) is 18.9. The Kier molecular flexibility index (Phi) is 4.59. The second kappa shape index (κ2) is 7.29. The molecule has 10 heteroatoms. The highest BCUT2D eigenvalue weighted by Gasteiger charge is 2.36. The average Bonchev–Trinajstić information content (AvgIpc) is 3.46. The van der Waals surface area contributed by atoms with Crippen LogP contribution in [0.2, 0.25) is 0 Å². The molecule has 0 fully saturated rings. The third-order valence-electron chi connectivity index (χ3n) is 5.15. The fourth-order valence-corrected chi connectivity index (χ4v) is 5.88. The average molecular weight is 439 g/mol. The minimum atomic E-state index is -0.457. The summed E-state index contributed by atoms with van der Waals surface area (Å²) in [6, 6.07) is 5.98. The van der Waals surface area contributed by atoms with Crippen LogP contribution in [0.5, 0.6) is 0 Å². The molecule has 3 aromatic rings. The van der Waals surface area contributed by atoms with Gasteiger partial charge in [0, 0.05) is 35.5 Å². The number of thiazole rings is 1. The summed E-state index contributed by atoms with van der Waals surface area (Å²) in [5, 5.41) is 5.70. The number of hydrogen-bond donors (Lipinski definition) is 2. The van der Waals surface area contributed by atoms with Gasteiger partial charge in [-0.15, -0.1) is 11.3 Å². The van der Waals surface area contributed by atoms with E-state index in [1.54, 1.807) is 12.5 Å². The first-order chi connectivity index (χ1) is 14.5. The molecule has 0 radical (unpaired) electrons. The number of imidazole rings is 1. The number of amides is 2. The van der Waals surface area contributed by atoms with Crippen LogP contribution in [-0.2, 0) is 16.0 Å². The molecule has 1 unspecified atom stereocenters. The third-order valence-corrected chi connectivity index (χ3v) is 7.39. The van der Waals surface area contributed by atoms with E-state index >= 15 is 0 Å². The molecule has 0 bridgehead atoms. The Labute approximate surface area is 180 Å². The van der Waals surface area contributed by atoms with Crippen molar-refractivity contribution in [3.05, 3.63) is 58.5 Å². The maximum absolute atomic E-state index is 12.0. The van der Waals surface area contributed by atoms with Gasteiger partial charge >= 0.3 is 0 Å². The molecule has 8 nitrogen and oxygen atoms in total. The van der Waals surface area contributed by atoms with Gasteiger partial charge in [0.2, 0.25) is 5.91 Å². The first-order valence-electron chi connectivity index (χ1n) is 9.34. The Morgan fingerprint density at radius 1 is 1.33 bits per heavy atom. The number of aromatic nitrogens is 3. The van der Waals surface area contributed by atoms with Crippen LogP contribution < -0.4 is 16.0 Å². The number of aryl methyl sites for hydroxylation is 1. The summed E-state index contributed by atoms with van der Waals surface area (Å²) in [5.74, 6) is -0.437. The molecule has 2 aromatic heterocycles. The van der Waals surface area contributed by atoms with E-state index in [9.17, 15) is 9.59 Å². The van der Waals surface area contributed by atoms with E-state index in [1.807, 2.05) is 46.2 Å². The lowest BCUT2D eigenvalue weighted by Crippen LogP contribution is -2.24. The predicted octanol–water partition coefficient (Wildman–Crippen LogP) is 3.32. The van der Waals surface area contributed by atoms with Crippen LogP contribution in [0.3, 0.4) is 0 Å². The Morgan fingerprint density at radius 3 is 2.97 bits per heavy atom. The van der Waals surface area contributed by atoms with Crippen LogP contribution in [0.4, 0.5) is 10.8 Å². The van der Waals surface area contributed by atoms with E-state index < -0.39 is 5.91 Å². The molecule has 0 spiro atoms. The van der Waals surface area contributed by atoms with Gasteiger partial charge in [0.15, 0.2) is 10.6 Å². The van der Waals surface area contributed by atoms with Crippen molar-refractivity contribution in [3.8, 4) is 11.3 Å². The highest BCUT2D eigenvalue weighted by atomic mass is 32.2. The normalized spacial score (nSPS) is 18.5. The van der Waals surface area contributed by atoms with Crippen LogP contribution in [0, 0.1) is 0 Å². The van der Waals surface area contributed by atoms with E-state index in [0.717, 1.165) is 39.8 Å². The number of nitrogens with two attached hydrogens (primary N) is 1. The molecule has 1 aromatic carbocycles. The molecule has 2 aliphatic heterocycles. The minimum Gasteiger partial charge on any atom is -0.365 e. The number of hydrogen-bond acceptors (Lipinski definition) is 7. The van der Waals surface area contributed by atoms with Crippen LogP contribution in [0.25, 0.3) is 11.3 Å². The van der Waals surface area contributed by atoms with Gasteiger partial charge in [0.1, 0.15) is 0 Å². The Hall–Kier alpha value is -3.11. The molecule has 3 N–H and O–H groups in total. The smallest absolute Gasteiger partial charge is 0.257 e. The summed E-state index contributed by atoms with van der Waals surface area (Å²) in [5.41, 5.74) is 9.74. The summed E-state index contributed by atoms with van der Waals surface area (Å²) < 4.78 is 1.91. The molecule has 0 aliphatic carbocycles. The highest BCUT2D eigenvalue weighted by Crippen LogP contribution is 2.48. The van der Waals surface area contributed by atoms with Crippen molar-refractivity contribution >= 4 is 45.7 Å². The molecule has 1 atom stereocenters. The number of thioether (sulfide) groups is 1.